The summed E-state index contributed by atoms with van der Waals surface area (Å²) in [5.74, 6) is 0.833. The fourth-order valence-electron chi connectivity index (χ4n) is 0.939. The molecular weight excluding hydrogens is 212 g/mol. The molecule has 0 fully saturated rings. The fourth-order valence-corrected chi connectivity index (χ4v) is 1.96. The second kappa shape index (κ2) is 6.74. The average molecular weight is 225 g/mol. The Morgan fingerprint density at radius 2 is 2.07 bits per heavy atom. The predicted octanol–water partition coefficient (Wildman–Crippen LogP) is 4.48. The first-order chi connectivity index (χ1) is 6.83. The monoisotopic (exact) mass is 224 g/mol. The highest BCUT2D eigenvalue weighted by atomic mass is 35.5. The summed E-state index contributed by atoms with van der Waals surface area (Å²) >= 11 is 7.75. The van der Waals surface area contributed by atoms with Crippen LogP contribution in [0.5, 0.6) is 0 Å². The van der Waals surface area contributed by atoms with E-state index in [1.165, 1.54) is 4.90 Å². The highest BCUT2D eigenvalue weighted by Gasteiger charge is 1.94. The molecule has 0 saturated heterocycles. The molecule has 0 atom stereocenters. The van der Waals surface area contributed by atoms with Crippen LogP contribution in [0.15, 0.2) is 59.0 Å². The molecule has 1 rings (SSSR count). The number of thioether (sulfide) groups is 1. The molecular formula is C12H13ClS. The van der Waals surface area contributed by atoms with Crippen molar-refractivity contribution in [3.05, 3.63) is 54.1 Å². The standard InChI is InChI=1S/C12H13ClS/c1-2-3-7-11(13)10-14-12-8-5-4-6-9-12/h2,4-9H,1,3,10H2/b11-7+. The molecule has 1 aromatic rings. The van der Waals surface area contributed by atoms with Gasteiger partial charge in [0.05, 0.1) is 0 Å². The largest absolute Gasteiger partial charge is 0.120 e. The third-order valence-electron chi connectivity index (χ3n) is 1.63. The Balaban J connectivity index is 2.37. The number of benzene rings is 1. The average Bonchev–Trinajstić information content (AvgIpc) is 2.25. The molecule has 14 heavy (non-hydrogen) atoms. The summed E-state index contributed by atoms with van der Waals surface area (Å²) in [6.45, 7) is 3.64. The van der Waals surface area contributed by atoms with Gasteiger partial charge in [0.15, 0.2) is 0 Å². The lowest BCUT2D eigenvalue weighted by atomic mass is 10.4. The van der Waals surface area contributed by atoms with Gasteiger partial charge in [0, 0.05) is 15.7 Å². The second-order valence-corrected chi connectivity index (χ2v) is 4.31. The number of halogens is 1. The van der Waals surface area contributed by atoms with E-state index in [0.717, 1.165) is 17.2 Å². The van der Waals surface area contributed by atoms with Crippen LogP contribution in [0, 0.1) is 0 Å². The first-order valence-corrected chi connectivity index (χ1v) is 5.82. The lowest BCUT2D eigenvalue weighted by Crippen LogP contribution is -1.78. The number of allylic oxidation sites excluding steroid dienone is 2. The van der Waals surface area contributed by atoms with Gasteiger partial charge < -0.3 is 0 Å². The van der Waals surface area contributed by atoms with Crippen molar-refractivity contribution in [2.24, 2.45) is 0 Å². The quantitative estimate of drug-likeness (QED) is 0.525. The summed E-state index contributed by atoms with van der Waals surface area (Å²) in [6, 6.07) is 10.2. The normalized spacial score (nSPS) is 11.4. The fraction of sp³-hybridized carbons (Fsp3) is 0.167. The van der Waals surface area contributed by atoms with E-state index in [1.54, 1.807) is 11.8 Å². The highest BCUT2D eigenvalue weighted by molar-refractivity contribution is 7.99. The SMILES string of the molecule is C=CC/C=C(/Cl)CSc1ccccc1. The Morgan fingerprint density at radius 1 is 1.36 bits per heavy atom. The molecule has 2 heteroatoms. The molecule has 1 aromatic carbocycles. The molecule has 0 nitrogen and oxygen atoms in total. The van der Waals surface area contributed by atoms with Crippen molar-refractivity contribution in [1.82, 2.24) is 0 Å². The second-order valence-electron chi connectivity index (χ2n) is 2.78. The summed E-state index contributed by atoms with van der Waals surface area (Å²) in [4.78, 5) is 1.25. The van der Waals surface area contributed by atoms with Crippen molar-refractivity contribution in [3.63, 3.8) is 0 Å². The van der Waals surface area contributed by atoms with Crippen LogP contribution >= 0.6 is 23.4 Å². The van der Waals surface area contributed by atoms with Crippen molar-refractivity contribution in [1.29, 1.82) is 0 Å². The lowest BCUT2D eigenvalue weighted by molar-refractivity contribution is 1.37. The van der Waals surface area contributed by atoms with Gasteiger partial charge in [-0.3, -0.25) is 0 Å². The maximum Gasteiger partial charge on any atom is 0.0336 e. The summed E-state index contributed by atoms with van der Waals surface area (Å²) in [6.07, 6.45) is 4.67. The zero-order valence-corrected chi connectivity index (χ0v) is 9.52. The molecule has 0 amide bonds. The molecule has 0 aromatic heterocycles. The topological polar surface area (TPSA) is 0 Å². The summed E-state index contributed by atoms with van der Waals surface area (Å²) in [5, 5.41) is 0.888. The van der Waals surface area contributed by atoms with Crippen molar-refractivity contribution in [2.75, 3.05) is 5.75 Å². The van der Waals surface area contributed by atoms with E-state index in [1.807, 2.05) is 30.4 Å². The van der Waals surface area contributed by atoms with Gasteiger partial charge >= 0.3 is 0 Å². The zero-order chi connectivity index (χ0) is 10.2. The van der Waals surface area contributed by atoms with Crippen LogP contribution in [0.2, 0.25) is 0 Å². The first kappa shape index (κ1) is 11.4. The summed E-state index contributed by atoms with van der Waals surface area (Å²) in [5.41, 5.74) is 0. The van der Waals surface area contributed by atoms with Crippen LogP contribution in [-0.2, 0) is 0 Å². The van der Waals surface area contributed by atoms with Gasteiger partial charge in [-0.05, 0) is 18.6 Å². The van der Waals surface area contributed by atoms with Crippen molar-refractivity contribution >= 4 is 23.4 Å². The molecule has 0 spiro atoms. The Hall–Kier alpha value is -0.660. The van der Waals surface area contributed by atoms with Crippen LogP contribution in [-0.4, -0.2) is 5.75 Å². The van der Waals surface area contributed by atoms with Crippen LogP contribution < -0.4 is 0 Å². The molecule has 0 saturated carbocycles. The number of hydrogen-bond donors (Lipinski definition) is 0. The lowest BCUT2D eigenvalue weighted by Gasteiger charge is -1.99. The molecule has 0 radical (unpaired) electrons. The first-order valence-electron chi connectivity index (χ1n) is 4.46. The number of hydrogen-bond acceptors (Lipinski definition) is 1. The minimum atomic E-state index is 0.833. The van der Waals surface area contributed by atoms with E-state index >= 15 is 0 Å². The highest BCUT2D eigenvalue weighted by Crippen LogP contribution is 2.21. The van der Waals surface area contributed by atoms with E-state index in [0.29, 0.717) is 0 Å². The van der Waals surface area contributed by atoms with Gasteiger partial charge in [-0.1, -0.05) is 42.0 Å². The van der Waals surface area contributed by atoms with E-state index in [9.17, 15) is 0 Å². The Morgan fingerprint density at radius 3 is 2.71 bits per heavy atom. The van der Waals surface area contributed by atoms with Crippen LogP contribution in [0.25, 0.3) is 0 Å². The van der Waals surface area contributed by atoms with E-state index in [-0.39, 0.29) is 0 Å². The van der Waals surface area contributed by atoms with Gasteiger partial charge in [-0.25, -0.2) is 0 Å². The van der Waals surface area contributed by atoms with Crippen LogP contribution in [0.4, 0.5) is 0 Å². The molecule has 0 N–H and O–H groups in total. The minimum absolute atomic E-state index is 0.833. The summed E-state index contributed by atoms with van der Waals surface area (Å²) < 4.78 is 0. The smallest absolute Gasteiger partial charge is 0.0336 e. The number of rotatable bonds is 5. The van der Waals surface area contributed by atoms with Crippen molar-refractivity contribution in [2.45, 2.75) is 11.3 Å². The Bertz CT molecular complexity index is 303. The molecule has 0 heterocycles. The third kappa shape index (κ3) is 4.54. The summed E-state index contributed by atoms with van der Waals surface area (Å²) in [7, 11) is 0. The molecule has 0 aliphatic carbocycles. The molecule has 0 unspecified atom stereocenters. The van der Waals surface area contributed by atoms with Gasteiger partial charge in [-0.2, -0.15) is 0 Å². The third-order valence-corrected chi connectivity index (χ3v) is 3.13. The van der Waals surface area contributed by atoms with Gasteiger partial charge in [-0.15, -0.1) is 18.3 Å². The molecule has 0 bridgehead atoms. The van der Waals surface area contributed by atoms with Gasteiger partial charge in [0.1, 0.15) is 0 Å². The molecule has 0 aliphatic rings. The van der Waals surface area contributed by atoms with E-state index in [2.05, 4.69) is 18.7 Å². The zero-order valence-electron chi connectivity index (χ0n) is 7.95. The minimum Gasteiger partial charge on any atom is -0.120 e. The van der Waals surface area contributed by atoms with E-state index < -0.39 is 0 Å². The van der Waals surface area contributed by atoms with Gasteiger partial charge in [0.25, 0.3) is 0 Å². The maximum absolute atomic E-state index is 6.00. The Kier molecular flexibility index (Phi) is 5.50. The van der Waals surface area contributed by atoms with Crippen molar-refractivity contribution in [3.8, 4) is 0 Å². The molecule has 0 aliphatic heterocycles. The Labute approximate surface area is 94.7 Å². The van der Waals surface area contributed by atoms with Crippen LogP contribution in [0.3, 0.4) is 0 Å². The predicted molar refractivity (Wildman–Crippen MR) is 65.9 cm³/mol. The maximum atomic E-state index is 6.00. The van der Waals surface area contributed by atoms with Crippen molar-refractivity contribution < 1.29 is 0 Å². The van der Waals surface area contributed by atoms with E-state index in [4.69, 9.17) is 11.6 Å². The van der Waals surface area contributed by atoms with Crippen LogP contribution in [0.1, 0.15) is 6.42 Å². The van der Waals surface area contributed by atoms with Gasteiger partial charge in [0.2, 0.25) is 0 Å². The molecule has 74 valence electrons.